The van der Waals surface area contributed by atoms with Crippen molar-refractivity contribution in [3.05, 3.63) is 24.0 Å². The van der Waals surface area contributed by atoms with Gasteiger partial charge in [0.05, 0.1) is 12.5 Å². The summed E-state index contributed by atoms with van der Waals surface area (Å²) in [5, 5.41) is 1.99. The Labute approximate surface area is 76.6 Å². The summed E-state index contributed by atoms with van der Waals surface area (Å²) in [5.74, 6) is -0.212. The van der Waals surface area contributed by atoms with Crippen LogP contribution in [0.2, 0.25) is 0 Å². The number of carbonyl (C=O) groups is 1. The van der Waals surface area contributed by atoms with Gasteiger partial charge in [0.15, 0.2) is 5.69 Å². The molecule has 0 amide bonds. The van der Waals surface area contributed by atoms with E-state index in [-0.39, 0.29) is 13.4 Å². The Hall–Kier alpha value is -0.900. The van der Waals surface area contributed by atoms with Gasteiger partial charge in [-0.15, -0.1) is 0 Å². The lowest BCUT2D eigenvalue weighted by Gasteiger charge is -1.92. The highest BCUT2D eigenvalue weighted by molar-refractivity contribution is 7.07. The minimum atomic E-state index is -0.212. The first-order valence-electron chi connectivity index (χ1n) is 3.23. The van der Waals surface area contributed by atoms with Gasteiger partial charge in [-0.1, -0.05) is 11.3 Å². The van der Waals surface area contributed by atoms with E-state index in [0.29, 0.717) is 6.54 Å². The maximum absolute atomic E-state index is 10.8. The molecule has 1 heterocycles. The Morgan fingerprint density at radius 1 is 1.75 bits per heavy atom. The first-order valence-corrected chi connectivity index (χ1v) is 4.17. The average molecular weight is 187 g/mol. The van der Waals surface area contributed by atoms with E-state index in [2.05, 4.69) is 4.74 Å². The van der Waals surface area contributed by atoms with Crippen molar-refractivity contribution < 1.29 is 14.1 Å². The van der Waals surface area contributed by atoms with E-state index >= 15 is 0 Å². The summed E-state index contributed by atoms with van der Waals surface area (Å²) in [6.07, 6.45) is 0. The number of hydrogen-bond acceptors (Lipinski definition) is 3. The predicted octanol–water partition coefficient (Wildman–Crippen LogP) is 0.967. The highest BCUT2D eigenvalue weighted by atomic mass is 32.1. The smallest absolute Gasteiger partial charge is 0.372 e. The van der Waals surface area contributed by atoms with Crippen molar-refractivity contribution in [3.8, 4) is 0 Å². The van der Waals surface area contributed by atoms with E-state index in [0.717, 1.165) is 5.69 Å². The number of aromatic nitrogens is 1. The second-order valence-corrected chi connectivity index (χ2v) is 2.92. The molecule has 3 nitrogen and oxygen atoms in total. The Morgan fingerprint density at radius 2 is 2.42 bits per heavy atom. The number of ether oxygens (including phenoxy) is 1. The predicted molar refractivity (Wildman–Crippen MR) is 47.7 cm³/mol. The van der Waals surface area contributed by atoms with Gasteiger partial charge in [-0.25, -0.2) is 4.79 Å². The monoisotopic (exact) mass is 187 g/mol. The number of nitrogens with zero attached hydrogens (tertiary/aromatic N) is 1. The van der Waals surface area contributed by atoms with E-state index in [9.17, 15) is 4.79 Å². The maximum atomic E-state index is 10.8. The average Bonchev–Trinajstić information content (AvgIpc) is 2.37. The van der Waals surface area contributed by atoms with Crippen LogP contribution in [0.25, 0.3) is 0 Å². The first kappa shape index (κ1) is 11.1. The van der Waals surface area contributed by atoms with Gasteiger partial charge < -0.3 is 12.2 Å². The van der Waals surface area contributed by atoms with Gasteiger partial charge >= 0.3 is 5.97 Å². The Bertz CT molecular complexity index is 257. The molecule has 1 aromatic heterocycles. The van der Waals surface area contributed by atoms with Crippen molar-refractivity contribution in [3.63, 3.8) is 0 Å². The summed E-state index contributed by atoms with van der Waals surface area (Å²) in [6.45, 7) is 2.27. The van der Waals surface area contributed by atoms with Gasteiger partial charge in [-0.3, -0.25) is 0 Å². The van der Waals surface area contributed by atoms with E-state index in [1.165, 1.54) is 7.11 Å². The van der Waals surface area contributed by atoms with Crippen LogP contribution < -0.4 is 4.57 Å². The summed E-state index contributed by atoms with van der Waals surface area (Å²) in [4.78, 5) is 10.8. The Kier molecular flexibility index (Phi) is 4.51. The van der Waals surface area contributed by atoms with E-state index in [4.69, 9.17) is 0 Å². The van der Waals surface area contributed by atoms with E-state index in [1.807, 2.05) is 22.4 Å². The van der Waals surface area contributed by atoms with Crippen molar-refractivity contribution in [2.45, 2.75) is 13.5 Å². The molecule has 0 aliphatic rings. The molecule has 0 radical (unpaired) electrons. The van der Waals surface area contributed by atoms with Crippen molar-refractivity contribution in [2.75, 3.05) is 7.11 Å². The molecule has 68 valence electrons. The molecule has 0 bridgehead atoms. The Balaban J connectivity index is 0.00000121. The summed E-state index contributed by atoms with van der Waals surface area (Å²) in [7, 11) is 1.39. The maximum Gasteiger partial charge on any atom is 0.372 e. The van der Waals surface area contributed by atoms with Crippen LogP contribution in [0, 0.1) is 14.4 Å². The third kappa shape index (κ3) is 2.62. The molecule has 0 spiro atoms. The third-order valence-electron chi connectivity index (χ3n) is 1.41. The minimum Gasteiger partial charge on any atom is -0.464 e. The molecule has 1 rings (SSSR count). The summed E-state index contributed by atoms with van der Waals surface area (Å²) < 4.78 is 6.38. The number of methoxy groups -OCH3 is 1. The molecule has 0 aliphatic carbocycles. The fraction of sp³-hybridized carbons (Fsp3) is 0.375. The third-order valence-corrected chi connectivity index (χ3v) is 2.26. The number of esters is 1. The van der Waals surface area contributed by atoms with E-state index < -0.39 is 0 Å². The van der Waals surface area contributed by atoms with Crippen LogP contribution in [0.1, 0.15) is 5.69 Å². The number of rotatable bonds is 2. The molecule has 0 saturated heterocycles. The van der Waals surface area contributed by atoms with Crippen LogP contribution in [0.4, 0.5) is 0 Å². The van der Waals surface area contributed by atoms with E-state index in [1.54, 1.807) is 11.3 Å². The molecule has 0 aliphatic heterocycles. The number of thiazole rings is 1. The number of hydrogen-bond donors (Lipinski definition) is 0. The summed E-state index contributed by atoms with van der Waals surface area (Å²) in [6, 6.07) is 0. The van der Waals surface area contributed by atoms with Crippen LogP contribution in [0.5, 0.6) is 0 Å². The first-order chi connectivity index (χ1) is 5.24. The molecule has 0 saturated carbocycles. The second kappa shape index (κ2) is 4.87. The SMILES string of the molecule is COC(=O)C[n+]1cscc1C.[CH3-]. The minimum absolute atomic E-state index is 0. The van der Waals surface area contributed by atoms with Gasteiger partial charge in [0.1, 0.15) is 0 Å². The quantitative estimate of drug-likeness (QED) is 0.392. The molecule has 0 N–H and O–H groups in total. The fourth-order valence-electron chi connectivity index (χ4n) is 0.719. The summed E-state index contributed by atoms with van der Waals surface area (Å²) >= 11 is 1.57. The fourth-order valence-corrected chi connectivity index (χ4v) is 1.50. The lowest BCUT2D eigenvalue weighted by molar-refractivity contribution is -0.687. The molecule has 0 fully saturated rings. The van der Waals surface area contributed by atoms with Crippen molar-refractivity contribution in [2.24, 2.45) is 0 Å². The van der Waals surface area contributed by atoms with Crippen LogP contribution in [-0.2, 0) is 16.1 Å². The topological polar surface area (TPSA) is 30.2 Å². The molecule has 1 aromatic rings. The summed E-state index contributed by atoms with van der Waals surface area (Å²) in [5.41, 5.74) is 2.98. The lowest BCUT2D eigenvalue weighted by Crippen LogP contribution is -2.38. The highest BCUT2D eigenvalue weighted by Gasteiger charge is 2.12. The van der Waals surface area contributed by atoms with Crippen molar-refractivity contribution in [1.29, 1.82) is 0 Å². The van der Waals surface area contributed by atoms with Gasteiger partial charge in [-0.2, -0.15) is 4.57 Å². The van der Waals surface area contributed by atoms with Gasteiger partial charge in [0.25, 0.3) is 0 Å². The van der Waals surface area contributed by atoms with Crippen molar-refractivity contribution >= 4 is 17.3 Å². The lowest BCUT2D eigenvalue weighted by atomic mass is 10.5. The van der Waals surface area contributed by atoms with Crippen LogP contribution in [0.15, 0.2) is 10.9 Å². The standard InChI is InChI=1S/C7H10NO2S.CH3/c1-6-4-11-5-8(6)3-7(9)10-2;/h4-5H,3H2,1-2H3;1H3/q+1;-1. The Morgan fingerprint density at radius 3 is 2.83 bits per heavy atom. The molecule has 0 unspecified atom stereocenters. The second-order valence-electron chi connectivity index (χ2n) is 2.20. The van der Waals surface area contributed by atoms with Crippen LogP contribution in [-0.4, -0.2) is 13.1 Å². The molecule has 4 heteroatoms. The van der Waals surface area contributed by atoms with Gasteiger partial charge in [0, 0.05) is 6.92 Å². The molecule has 0 atom stereocenters. The normalized spacial score (nSPS) is 8.83. The van der Waals surface area contributed by atoms with Gasteiger partial charge in [0.2, 0.25) is 12.1 Å². The zero-order valence-corrected chi connectivity index (χ0v) is 8.35. The zero-order chi connectivity index (χ0) is 8.27. The number of aryl methyl sites for hydroxylation is 1. The van der Waals surface area contributed by atoms with Gasteiger partial charge in [-0.05, 0) is 0 Å². The molecular weight excluding hydrogens is 174 g/mol. The van der Waals surface area contributed by atoms with Crippen LogP contribution >= 0.6 is 11.3 Å². The molecule has 12 heavy (non-hydrogen) atoms. The largest absolute Gasteiger partial charge is 0.464 e. The zero-order valence-electron chi connectivity index (χ0n) is 7.53. The molecular formula is C8H13NO2S. The van der Waals surface area contributed by atoms with Crippen molar-refractivity contribution in [1.82, 2.24) is 0 Å². The highest BCUT2D eigenvalue weighted by Crippen LogP contribution is 1.96. The number of carbonyl (C=O) groups excluding carboxylic acids is 1. The molecule has 0 aromatic carbocycles. The van der Waals surface area contributed by atoms with Crippen LogP contribution in [0.3, 0.4) is 0 Å².